The molecule has 1 aliphatic rings. The van der Waals surface area contributed by atoms with E-state index in [9.17, 15) is 21.6 Å². The molecule has 1 unspecified atom stereocenters. The normalized spacial score (nSPS) is 15.6. The number of nitrogens with one attached hydrogen (secondary N) is 4. The Labute approximate surface area is 258 Å². The van der Waals surface area contributed by atoms with Gasteiger partial charge in [0.1, 0.15) is 23.5 Å². The number of hydrogen-bond donors (Lipinski definition) is 5. The largest absolute Gasteiger partial charge is 0.484 e. The SMILES string of the molecule is CNc1c(-c2cnn(CC3CCCN3)c2)cnc(N)c1C(=N)c1ccc(NS(=O)(=O)C(F)F)c(O[C@@H](C)c2ccc(F)cc2)c1. The number of nitrogens with two attached hydrogens (primary N) is 1. The first kappa shape index (κ1) is 31.8. The molecule has 2 aromatic carbocycles. The molecular formula is C30H33F3N8O3S. The Bertz CT molecular complexity index is 1790. The van der Waals surface area contributed by atoms with Crippen LogP contribution in [0.15, 0.2) is 61.1 Å². The van der Waals surface area contributed by atoms with Gasteiger partial charge in [-0.25, -0.2) is 17.8 Å². The molecule has 0 aliphatic carbocycles. The Morgan fingerprint density at radius 1 is 1.22 bits per heavy atom. The number of aromatic nitrogens is 3. The van der Waals surface area contributed by atoms with Crippen molar-refractivity contribution >= 4 is 32.9 Å². The van der Waals surface area contributed by atoms with Crippen LogP contribution in [0, 0.1) is 11.2 Å². The molecule has 15 heteroatoms. The molecule has 11 nitrogen and oxygen atoms in total. The van der Waals surface area contributed by atoms with Gasteiger partial charge in [-0.2, -0.15) is 13.9 Å². The van der Waals surface area contributed by atoms with E-state index in [2.05, 4.69) is 20.7 Å². The van der Waals surface area contributed by atoms with Crippen molar-refractivity contribution in [3.05, 3.63) is 83.6 Å². The van der Waals surface area contributed by atoms with E-state index in [1.54, 1.807) is 26.4 Å². The predicted molar refractivity (Wildman–Crippen MR) is 167 cm³/mol. The zero-order valence-corrected chi connectivity index (χ0v) is 25.3. The number of pyridine rings is 1. The zero-order valence-electron chi connectivity index (χ0n) is 24.5. The highest BCUT2D eigenvalue weighted by atomic mass is 32.2. The summed E-state index contributed by atoms with van der Waals surface area (Å²) in [5.74, 6) is -4.23. The summed E-state index contributed by atoms with van der Waals surface area (Å²) in [6.07, 6.45) is 6.64. The minimum absolute atomic E-state index is 0.0558. The summed E-state index contributed by atoms with van der Waals surface area (Å²) in [4.78, 5) is 4.34. The predicted octanol–water partition coefficient (Wildman–Crippen LogP) is 4.98. The van der Waals surface area contributed by atoms with Crippen LogP contribution in [0.1, 0.15) is 42.6 Å². The second-order valence-corrected chi connectivity index (χ2v) is 12.3. The number of sulfonamides is 1. The molecule has 0 bridgehead atoms. The molecule has 1 saturated heterocycles. The summed E-state index contributed by atoms with van der Waals surface area (Å²) < 4.78 is 73.7. The molecule has 3 heterocycles. The molecule has 1 aliphatic heterocycles. The second kappa shape index (κ2) is 13.2. The molecule has 238 valence electrons. The number of ether oxygens (including phenoxy) is 1. The summed E-state index contributed by atoms with van der Waals surface area (Å²) in [5, 5.41) is 20.2. The average molecular weight is 643 g/mol. The molecule has 0 spiro atoms. The van der Waals surface area contributed by atoms with Crippen LogP contribution in [0.5, 0.6) is 5.75 Å². The van der Waals surface area contributed by atoms with Crippen LogP contribution >= 0.6 is 0 Å². The maximum Gasteiger partial charge on any atom is 0.355 e. The van der Waals surface area contributed by atoms with E-state index >= 15 is 0 Å². The fourth-order valence-corrected chi connectivity index (χ4v) is 5.76. The summed E-state index contributed by atoms with van der Waals surface area (Å²) in [5.41, 5.74) is 8.90. The van der Waals surface area contributed by atoms with Gasteiger partial charge in [-0.05, 0) is 56.1 Å². The van der Waals surface area contributed by atoms with Crippen LogP contribution in [0.25, 0.3) is 11.1 Å². The Hall–Kier alpha value is -4.63. The van der Waals surface area contributed by atoms with Crippen molar-refractivity contribution in [2.75, 3.05) is 29.4 Å². The smallest absolute Gasteiger partial charge is 0.355 e. The van der Waals surface area contributed by atoms with E-state index < -0.39 is 27.7 Å². The Morgan fingerprint density at radius 3 is 2.64 bits per heavy atom. The lowest BCUT2D eigenvalue weighted by molar-refractivity contribution is 0.227. The number of nitrogens with zero attached hydrogens (tertiary/aromatic N) is 3. The van der Waals surface area contributed by atoms with Gasteiger partial charge in [0.25, 0.3) is 10.0 Å². The van der Waals surface area contributed by atoms with Crippen molar-refractivity contribution in [2.24, 2.45) is 0 Å². The number of alkyl halides is 2. The van der Waals surface area contributed by atoms with Gasteiger partial charge in [-0.1, -0.05) is 18.2 Å². The van der Waals surface area contributed by atoms with E-state index in [1.807, 2.05) is 15.6 Å². The van der Waals surface area contributed by atoms with Crippen molar-refractivity contribution in [2.45, 2.75) is 44.2 Å². The first-order valence-electron chi connectivity index (χ1n) is 14.1. The van der Waals surface area contributed by atoms with Crippen molar-refractivity contribution in [1.29, 1.82) is 5.41 Å². The molecular weight excluding hydrogens is 609 g/mol. The Morgan fingerprint density at radius 2 is 1.98 bits per heavy atom. The molecule has 4 aromatic rings. The van der Waals surface area contributed by atoms with E-state index in [0.29, 0.717) is 29.4 Å². The molecule has 5 rings (SSSR count). The molecule has 45 heavy (non-hydrogen) atoms. The maximum absolute atomic E-state index is 13.5. The lowest BCUT2D eigenvalue weighted by Crippen LogP contribution is -2.26. The number of benzene rings is 2. The van der Waals surface area contributed by atoms with Crippen LogP contribution < -0.4 is 25.8 Å². The molecule has 1 fully saturated rings. The van der Waals surface area contributed by atoms with E-state index in [4.69, 9.17) is 15.9 Å². The topological polar surface area (TPSA) is 160 Å². The highest BCUT2D eigenvalue weighted by Crippen LogP contribution is 2.37. The third kappa shape index (κ3) is 7.04. The van der Waals surface area contributed by atoms with Crippen LogP contribution in [-0.4, -0.2) is 54.3 Å². The van der Waals surface area contributed by atoms with Gasteiger partial charge < -0.3 is 21.1 Å². The number of rotatable bonds is 12. The van der Waals surface area contributed by atoms with E-state index in [0.717, 1.165) is 24.9 Å². The van der Waals surface area contributed by atoms with Gasteiger partial charge in [0.05, 0.1) is 35.4 Å². The molecule has 6 N–H and O–H groups in total. The Kier molecular flexibility index (Phi) is 9.29. The lowest BCUT2D eigenvalue weighted by Gasteiger charge is -2.21. The lowest BCUT2D eigenvalue weighted by atomic mass is 9.97. The summed E-state index contributed by atoms with van der Waals surface area (Å²) in [7, 11) is -3.36. The van der Waals surface area contributed by atoms with Gasteiger partial charge in [0.15, 0.2) is 0 Å². The van der Waals surface area contributed by atoms with Crippen LogP contribution in [0.3, 0.4) is 0 Å². The monoisotopic (exact) mass is 642 g/mol. The van der Waals surface area contributed by atoms with Gasteiger partial charge >= 0.3 is 5.76 Å². The first-order chi connectivity index (χ1) is 21.5. The number of anilines is 3. The van der Waals surface area contributed by atoms with E-state index in [-0.39, 0.29) is 34.1 Å². The minimum atomic E-state index is -5.04. The third-order valence-electron chi connectivity index (χ3n) is 7.52. The maximum atomic E-state index is 13.5. The molecule has 0 radical (unpaired) electrons. The molecule has 2 aromatic heterocycles. The fraction of sp³-hybridized carbons (Fsp3) is 0.300. The summed E-state index contributed by atoms with van der Waals surface area (Å²) in [6.45, 7) is 3.32. The van der Waals surface area contributed by atoms with Crippen molar-refractivity contribution in [3.63, 3.8) is 0 Å². The highest BCUT2D eigenvalue weighted by molar-refractivity contribution is 7.93. The summed E-state index contributed by atoms with van der Waals surface area (Å²) in [6, 6.07) is 9.74. The number of nitrogen functional groups attached to an aromatic ring is 1. The quantitative estimate of drug-likeness (QED) is 0.135. The van der Waals surface area contributed by atoms with Crippen molar-refractivity contribution < 1.29 is 26.3 Å². The zero-order chi connectivity index (χ0) is 32.3. The molecule has 2 atom stereocenters. The molecule has 0 amide bonds. The molecule has 0 saturated carbocycles. The van der Waals surface area contributed by atoms with Gasteiger partial charge in [-0.3, -0.25) is 14.8 Å². The fourth-order valence-electron chi connectivity index (χ4n) is 5.19. The average Bonchev–Trinajstić information content (AvgIpc) is 3.70. The van der Waals surface area contributed by atoms with Crippen LogP contribution in [-0.2, 0) is 16.6 Å². The second-order valence-electron chi connectivity index (χ2n) is 10.6. The van der Waals surface area contributed by atoms with Gasteiger partial charge in [-0.15, -0.1) is 0 Å². The Balaban J connectivity index is 1.51. The number of hydrogen-bond acceptors (Lipinski definition) is 9. The summed E-state index contributed by atoms with van der Waals surface area (Å²) >= 11 is 0. The van der Waals surface area contributed by atoms with Crippen LogP contribution in [0.2, 0.25) is 0 Å². The van der Waals surface area contributed by atoms with Gasteiger partial charge in [0, 0.05) is 42.2 Å². The van der Waals surface area contributed by atoms with Crippen molar-refractivity contribution in [3.8, 4) is 16.9 Å². The van der Waals surface area contributed by atoms with Crippen LogP contribution in [0.4, 0.5) is 30.4 Å². The first-order valence-corrected chi connectivity index (χ1v) is 15.7. The highest BCUT2D eigenvalue weighted by Gasteiger charge is 2.27. The standard InChI is InChI=1S/C30H33F3N8O3S/c1-17(18-5-8-21(31)9-6-18)44-25-12-19(7-10-24(25)40-45(42,43)30(32)33)27(34)26-28(36-2)23(14-38-29(26)35)20-13-39-41(15-20)16-22-4-3-11-37-22/h5-10,12-15,17,22,30,34,37,40H,3-4,11,16H2,1-2H3,(H3,35,36,38)/t17-,22?/m0/s1. The number of halogens is 3. The third-order valence-corrected chi connectivity index (χ3v) is 8.50. The van der Waals surface area contributed by atoms with Gasteiger partial charge in [0.2, 0.25) is 0 Å². The van der Waals surface area contributed by atoms with E-state index in [1.165, 1.54) is 42.5 Å². The minimum Gasteiger partial charge on any atom is -0.484 e. The van der Waals surface area contributed by atoms with Crippen molar-refractivity contribution in [1.82, 2.24) is 20.1 Å².